The monoisotopic (exact) mass is 235 g/mol. The molecule has 1 aromatic carbocycles. The van der Waals surface area contributed by atoms with Crippen molar-refractivity contribution in [3.8, 4) is 5.75 Å². The molecule has 0 aliphatic rings. The van der Waals surface area contributed by atoms with Crippen LogP contribution in [0.3, 0.4) is 0 Å². The van der Waals surface area contributed by atoms with Gasteiger partial charge in [0.2, 0.25) is 5.91 Å². The number of hydrogen-bond acceptors (Lipinski definition) is 2. The molecule has 0 saturated carbocycles. The van der Waals surface area contributed by atoms with Gasteiger partial charge in [-0.3, -0.25) is 4.79 Å². The van der Waals surface area contributed by atoms with E-state index in [0.717, 1.165) is 16.9 Å². The first-order chi connectivity index (χ1) is 7.80. The predicted molar refractivity (Wildman–Crippen MR) is 69.2 cm³/mol. The Morgan fingerprint density at radius 1 is 1.35 bits per heavy atom. The normalized spacial score (nSPS) is 11.3. The molecule has 0 fully saturated rings. The van der Waals surface area contributed by atoms with Crippen LogP contribution in [-0.2, 0) is 10.2 Å². The Morgan fingerprint density at radius 2 is 2.00 bits per heavy atom. The van der Waals surface area contributed by atoms with Gasteiger partial charge in [-0.25, -0.2) is 0 Å². The van der Waals surface area contributed by atoms with Crippen LogP contribution < -0.4 is 10.5 Å². The molecule has 94 valence electrons. The Kier molecular flexibility index (Phi) is 4.16. The Labute approximate surface area is 103 Å². The van der Waals surface area contributed by atoms with Crippen LogP contribution in [-0.4, -0.2) is 12.5 Å². The molecule has 0 spiro atoms. The zero-order valence-corrected chi connectivity index (χ0v) is 11.0. The number of rotatable bonds is 4. The molecule has 0 atom stereocenters. The molecule has 1 amide bonds. The molecule has 3 heteroatoms. The minimum atomic E-state index is -0.338. The number of nitrogens with two attached hydrogens (primary N) is 1. The van der Waals surface area contributed by atoms with Gasteiger partial charge in [0.25, 0.3) is 0 Å². The van der Waals surface area contributed by atoms with Crippen molar-refractivity contribution in [3.05, 3.63) is 29.3 Å². The van der Waals surface area contributed by atoms with Crippen molar-refractivity contribution in [2.75, 3.05) is 6.61 Å². The molecule has 0 radical (unpaired) electrons. The number of primary amides is 1. The van der Waals surface area contributed by atoms with Gasteiger partial charge < -0.3 is 10.5 Å². The number of hydrogen-bond donors (Lipinski definition) is 1. The summed E-state index contributed by atoms with van der Waals surface area (Å²) in [5.41, 5.74) is 7.41. The summed E-state index contributed by atoms with van der Waals surface area (Å²) >= 11 is 0. The van der Waals surface area contributed by atoms with Crippen molar-refractivity contribution in [2.45, 2.75) is 39.5 Å². The lowest BCUT2D eigenvalue weighted by Gasteiger charge is -2.23. The van der Waals surface area contributed by atoms with Gasteiger partial charge in [0.1, 0.15) is 5.75 Å². The lowest BCUT2D eigenvalue weighted by Crippen LogP contribution is -2.17. The van der Waals surface area contributed by atoms with Crippen LogP contribution in [0.1, 0.15) is 38.3 Å². The van der Waals surface area contributed by atoms with Crippen molar-refractivity contribution < 1.29 is 9.53 Å². The number of amides is 1. The standard InChI is InChI=1S/C14H21NO2/c1-10-5-6-11(14(2,3)4)12(9-10)17-8-7-13(15)16/h5-6,9H,7-8H2,1-4H3,(H2,15,16). The van der Waals surface area contributed by atoms with Gasteiger partial charge in [-0.05, 0) is 29.5 Å². The van der Waals surface area contributed by atoms with E-state index >= 15 is 0 Å². The van der Waals surface area contributed by atoms with E-state index in [-0.39, 0.29) is 17.7 Å². The fraction of sp³-hybridized carbons (Fsp3) is 0.500. The van der Waals surface area contributed by atoms with E-state index in [0.29, 0.717) is 6.61 Å². The SMILES string of the molecule is Cc1ccc(C(C)(C)C)c(OCCC(N)=O)c1. The molecule has 17 heavy (non-hydrogen) atoms. The molecule has 2 N–H and O–H groups in total. The Hall–Kier alpha value is -1.51. The van der Waals surface area contributed by atoms with Crippen LogP contribution in [0.5, 0.6) is 5.75 Å². The van der Waals surface area contributed by atoms with E-state index < -0.39 is 0 Å². The highest BCUT2D eigenvalue weighted by Crippen LogP contribution is 2.32. The molecule has 0 aromatic heterocycles. The van der Waals surface area contributed by atoms with E-state index in [1.807, 2.05) is 13.0 Å². The van der Waals surface area contributed by atoms with Gasteiger partial charge in [0, 0.05) is 0 Å². The van der Waals surface area contributed by atoms with Crippen molar-refractivity contribution >= 4 is 5.91 Å². The third-order valence-electron chi connectivity index (χ3n) is 2.55. The minimum absolute atomic E-state index is 0.0236. The van der Waals surface area contributed by atoms with Gasteiger partial charge in [-0.15, -0.1) is 0 Å². The van der Waals surface area contributed by atoms with Crippen LogP contribution in [0, 0.1) is 6.92 Å². The van der Waals surface area contributed by atoms with Crippen LogP contribution in [0.25, 0.3) is 0 Å². The molecule has 1 rings (SSSR count). The van der Waals surface area contributed by atoms with E-state index in [2.05, 4.69) is 32.9 Å². The van der Waals surface area contributed by atoms with Crippen molar-refractivity contribution in [3.63, 3.8) is 0 Å². The fourth-order valence-electron chi connectivity index (χ4n) is 1.63. The summed E-state index contributed by atoms with van der Waals surface area (Å²) in [6, 6.07) is 6.15. The molecule has 0 saturated heterocycles. The number of carbonyl (C=O) groups excluding carboxylic acids is 1. The summed E-state index contributed by atoms with van der Waals surface area (Å²) in [5.74, 6) is 0.508. The first-order valence-electron chi connectivity index (χ1n) is 5.83. The highest BCUT2D eigenvalue weighted by atomic mass is 16.5. The van der Waals surface area contributed by atoms with Crippen molar-refractivity contribution in [1.82, 2.24) is 0 Å². The van der Waals surface area contributed by atoms with Crippen LogP contribution in [0.2, 0.25) is 0 Å². The molecule has 0 aliphatic heterocycles. The first-order valence-corrected chi connectivity index (χ1v) is 5.83. The smallest absolute Gasteiger partial charge is 0.220 e. The van der Waals surface area contributed by atoms with Crippen molar-refractivity contribution in [2.24, 2.45) is 5.73 Å². The summed E-state index contributed by atoms with van der Waals surface area (Å²) in [4.78, 5) is 10.7. The third-order valence-corrected chi connectivity index (χ3v) is 2.55. The van der Waals surface area contributed by atoms with Gasteiger partial charge in [0.15, 0.2) is 0 Å². The minimum Gasteiger partial charge on any atom is -0.493 e. The Morgan fingerprint density at radius 3 is 2.53 bits per heavy atom. The molecule has 3 nitrogen and oxygen atoms in total. The van der Waals surface area contributed by atoms with E-state index in [1.165, 1.54) is 0 Å². The van der Waals surface area contributed by atoms with Gasteiger partial charge in [0.05, 0.1) is 13.0 Å². The number of benzene rings is 1. The Balaban J connectivity index is 2.88. The highest BCUT2D eigenvalue weighted by Gasteiger charge is 2.18. The lowest BCUT2D eigenvalue weighted by atomic mass is 9.86. The second-order valence-electron chi connectivity index (χ2n) is 5.31. The van der Waals surface area contributed by atoms with Crippen LogP contribution >= 0.6 is 0 Å². The number of aryl methyl sites for hydroxylation is 1. The second kappa shape index (κ2) is 5.21. The van der Waals surface area contributed by atoms with Gasteiger partial charge >= 0.3 is 0 Å². The first kappa shape index (κ1) is 13.6. The number of ether oxygens (including phenoxy) is 1. The predicted octanol–water partition coefficient (Wildman–Crippen LogP) is 2.55. The maximum absolute atomic E-state index is 10.7. The summed E-state index contributed by atoms with van der Waals surface area (Å²) in [6.45, 7) is 8.77. The molecule has 0 bridgehead atoms. The average Bonchev–Trinajstić information content (AvgIpc) is 2.15. The zero-order valence-electron chi connectivity index (χ0n) is 11.0. The van der Waals surface area contributed by atoms with Gasteiger partial charge in [-0.2, -0.15) is 0 Å². The summed E-state index contributed by atoms with van der Waals surface area (Å²) in [6.07, 6.45) is 0.248. The maximum Gasteiger partial charge on any atom is 0.220 e. The Bertz CT molecular complexity index is 405. The highest BCUT2D eigenvalue weighted by molar-refractivity contribution is 5.73. The maximum atomic E-state index is 10.7. The summed E-state index contributed by atoms with van der Waals surface area (Å²) in [7, 11) is 0. The second-order valence-corrected chi connectivity index (χ2v) is 5.31. The molecule has 0 unspecified atom stereocenters. The fourth-order valence-corrected chi connectivity index (χ4v) is 1.63. The van der Waals surface area contributed by atoms with Gasteiger partial charge in [-0.1, -0.05) is 32.9 Å². The lowest BCUT2D eigenvalue weighted by molar-refractivity contribution is -0.118. The summed E-state index contributed by atoms with van der Waals surface area (Å²) < 4.78 is 5.65. The topological polar surface area (TPSA) is 52.3 Å². The molecular formula is C14H21NO2. The van der Waals surface area contributed by atoms with Crippen LogP contribution in [0.15, 0.2) is 18.2 Å². The zero-order chi connectivity index (χ0) is 13.1. The van der Waals surface area contributed by atoms with Crippen molar-refractivity contribution in [1.29, 1.82) is 0 Å². The molecule has 1 aromatic rings. The third kappa shape index (κ3) is 4.10. The number of carbonyl (C=O) groups is 1. The average molecular weight is 235 g/mol. The van der Waals surface area contributed by atoms with E-state index in [4.69, 9.17) is 10.5 Å². The molecular weight excluding hydrogens is 214 g/mol. The van der Waals surface area contributed by atoms with E-state index in [1.54, 1.807) is 0 Å². The van der Waals surface area contributed by atoms with E-state index in [9.17, 15) is 4.79 Å². The molecule has 0 heterocycles. The largest absolute Gasteiger partial charge is 0.493 e. The quantitative estimate of drug-likeness (QED) is 0.872. The van der Waals surface area contributed by atoms with Crippen LogP contribution in [0.4, 0.5) is 0 Å². The summed E-state index contributed by atoms with van der Waals surface area (Å²) in [5, 5.41) is 0. The molecule has 0 aliphatic carbocycles.